The molecule has 132 valence electrons. The molecule has 0 nitrogen and oxygen atoms in total. The number of hydrogen-bond acceptors (Lipinski definition) is 0. The van der Waals surface area contributed by atoms with Crippen LogP contribution in [-0.4, -0.2) is 0 Å². The first-order chi connectivity index (χ1) is 11.6. The van der Waals surface area contributed by atoms with Gasteiger partial charge in [0, 0.05) is 5.56 Å². The second-order valence-corrected chi connectivity index (χ2v) is 7.89. The molecular weight excluding hydrogens is 302 g/mol. The van der Waals surface area contributed by atoms with Gasteiger partial charge in [-0.25, -0.2) is 8.78 Å². The minimum atomic E-state index is -0.359. The van der Waals surface area contributed by atoms with E-state index in [0.29, 0.717) is 12.3 Å². The lowest BCUT2D eigenvalue weighted by molar-refractivity contribution is 0.115. The maximum absolute atomic E-state index is 14.1. The predicted molar refractivity (Wildman–Crippen MR) is 96.1 cm³/mol. The maximum Gasteiger partial charge on any atom is 0.129 e. The van der Waals surface area contributed by atoms with Crippen LogP contribution in [0.2, 0.25) is 0 Å². The van der Waals surface area contributed by atoms with Gasteiger partial charge in [0.25, 0.3) is 0 Å². The Balaban J connectivity index is 1.65. The van der Waals surface area contributed by atoms with Gasteiger partial charge in [0.15, 0.2) is 0 Å². The molecule has 2 fully saturated rings. The molecule has 2 saturated carbocycles. The van der Waals surface area contributed by atoms with Crippen LogP contribution >= 0.6 is 0 Å². The molecule has 24 heavy (non-hydrogen) atoms. The van der Waals surface area contributed by atoms with Gasteiger partial charge in [-0.2, -0.15) is 0 Å². The van der Waals surface area contributed by atoms with Crippen LogP contribution in [0.25, 0.3) is 0 Å². The highest BCUT2D eigenvalue weighted by Gasteiger charge is 2.36. The van der Waals surface area contributed by atoms with Crippen molar-refractivity contribution in [3.05, 3.63) is 47.5 Å². The van der Waals surface area contributed by atoms with Crippen LogP contribution in [0.15, 0.2) is 24.8 Å². The fourth-order valence-corrected chi connectivity index (χ4v) is 5.10. The van der Waals surface area contributed by atoms with E-state index in [-0.39, 0.29) is 17.2 Å². The normalized spacial score (nSPS) is 30.0. The van der Waals surface area contributed by atoms with E-state index in [1.54, 1.807) is 19.1 Å². The van der Waals surface area contributed by atoms with Crippen molar-refractivity contribution >= 4 is 0 Å². The van der Waals surface area contributed by atoms with E-state index in [0.717, 1.165) is 42.6 Å². The molecule has 0 aliphatic heterocycles. The molecule has 0 amide bonds. The molecular formula is C22H30F2. The van der Waals surface area contributed by atoms with Gasteiger partial charge in [0.2, 0.25) is 0 Å². The van der Waals surface area contributed by atoms with Crippen LogP contribution in [0, 0.1) is 29.4 Å². The van der Waals surface area contributed by atoms with Gasteiger partial charge in [-0.1, -0.05) is 19.4 Å². The Morgan fingerprint density at radius 1 is 1.04 bits per heavy atom. The summed E-state index contributed by atoms with van der Waals surface area (Å²) >= 11 is 0. The monoisotopic (exact) mass is 332 g/mol. The number of halogens is 2. The van der Waals surface area contributed by atoms with Crippen molar-refractivity contribution in [3.8, 4) is 0 Å². The van der Waals surface area contributed by atoms with E-state index in [1.165, 1.54) is 32.1 Å². The average molecular weight is 332 g/mol. The zero-order valence-corrected chi connectivity index (χ0v) is 14.9. The maximum atomic E-state index is 14.1. The Hall–Kier alpha value is -1.18. The first-order valence-electron chi connectivity index (χ1n) is 9.71. The van der Waals surface area contributed by atoms with Crippen molar-refractivity contribution in [1.29, 1.82) is 0 Å². The lowest BCUT2D eigenvalue weighted by atomic mass is 9.63. The summed E-state index contributed by atoms with van der Waals surface area (Å²) in [5, 5.41) is 0. The molecule has 1 aromatic rings. The van der Waals surface area contributed by atoms with Gasteiger partial charge in [0.1, 0.15) is 11.6 Å². The number of benzene rings is 1. The van der Waals surface area contributed by atoms with E-state index >= 15 is 0 Å². The lowest BCUT2D eigenvalue weighted by Crippen LogP contribution is -2.30. The molecule has 0 spiro atoms. The van der Waals surface area contributed by atoms with Crippen LogP contribution in [0.5, 0.6) is 0 Å². The molecule has 0 N–H and O–H groups in total. The molecule has 1 aromatic carbocycles. The van der Waals surface area contributed by atoms with Gasteiger partial charge >= 0.3 is 0 Å². The third-order valence-corrected chi connectivity index (χ3v) is 6.49. The quantitative estimate of drug-likeness (QED) is 0.520. The van der Waals surface area contributed by atoms with E-state index in [9.17, 15) is 8.78 Å². The van der Waals surface area contributed by atoms with E-state index < -0.39 is 0 Å². The second kappa shape index (κ2) is 7.80. The Labute approximate surface area is 145 Å². The van der Waals surface area contributed by atoms with Crippen LogP contribution in [0.4, 0.5) is 8.78 Å². The molecule has 4 atom stereocenters. The summed E-state index contributed by atoms with van der Waals surface area (Å²) < 4.78 is 28.2. The molecule has 2 aliphatic rings. The smallest absolute Gasteiger partial charge is 0.129 e. The third-order valence-electron chi connectivity index (χ3n) is 6.49. The topological polar surface area (TPSA) is 0 Å². The minimum absolute atomic E-state index is 0.232. The van der Waals surface area contributed by atoms with Crippen LogP contribution in [0.1, 0.15) is 75.3 Å². The van der Waals surface area contributed by atoms with Crippen LogP contribution < -0.4 is 0 Å². The van der Waals surface area contributed by atoms with Gasteiger partial charge in [0.05, 0.1) is 0 Å². The first-order valence-corrected chi connectivity index (χ1v) is 9.71. The average Bonchev–Trinajstić information content (AvgIpc) is 2.59. The minimum Gasteiger partial charge on any atom is -0.207 e. The zero-order valence-electron chi connectivity index (χ0n) is 14.9. The summed E-state index contributed by atoms with van der Waals surface area (Å²) in [6.45, 7) is 5.64. The molecule has 0 bridgehead atoms. The molecule has 3 rings (SSSR count). The summed E-state index contributed by atoms with van der Waals surface area (Å²) in [4.78, 5) is 0. The van der Waals surface area contributed by atoms with E-state index in [1.807, 2.05) is 6.08 Å². The van der Waals surface area contributed by atoms with Crippen molar-refractivity contribution in [3.63, 3.8) is 0 Å². The largest absolute Gasteiger partial charge is 0.207 e. The molecule has 2 aliphatic carbocycles. The number of rotatable bonds is 5. The fraction of sp³-hybridized carbons (Fsp3) is 0.636. The molecule has 0 radical (unpaired) electrons. The van der Waals surface area contributed by atoms with E-state index in [2.05, 4.69) is 6.58 Å². The Kier molecular flexibility index (Phi) is 5.73. The SMILES string of the molecule is C=CCCC1CCC2CC(c3cc(F)c(CC)c(F)c3)CCC2C1. The summed E-state index contributed by atoms with van der Waals surface area (Å²) in [5.41, 5.74) is 1.12. The fourth-order valence-electron chi connectivity index (χ4n) is 5.10. The highest BCUT2D eigenvalue weighted by Crippen LogP contribution is 2.48. The molecule has 0 saturated heterocycles. The summed E-state index contributed by atoms with van der Waals surface area (Å²) in [5.74, 6) is 2.06. The molecule has 0 aromatic heterocycles. The highest BCUT2D eigenvalue weighted by atomic mass is 19.1. The third kappa shape index (κ3) is 3.73. The second-order valence-electron chi connectivity index (χ2n) is 7.89. The van der Waals surface area contributed by atoms with Crippen molar-refractivity contribution in [2.24, 2.45) is 17.8 Å². The van der Waals surface area contributed by atoms with Gasteiger partial charge in [-0.3, -0.25) is 0 Å². The van der Waals surface area contributed by atoms with Crippen molar-refractivity contribution in [1.82, 2.24) is 0 Å². The lowest BCUT2D eigenvalue weighted by Gasteiger charge is -2.42. The number of fused-ring (bicyclic) bond motifs is 1. The van der Waals surface area contributed by atoms with Gasteiger partial charge in [-0.15, -0.1) is 6.58 Å². The van der Waals surface area contributed by atoms with E-state index in [4.69, 9.17) is 0 Å². The van der Waals surface area contributed by atoms with Gasteiger partial charge in [-0.05, 0) is 92.7 Å². The Morgan fingerprint density at radius 3 is 2.38 bits per heavy atom. The molecule has 0 heterocycles. The number of hydrogen-bond donors (Lipinski definition) is 0. The summed E-state index contributed by atoms with van der Waals surface area (Å²) in [7, 11) is 0. The summed E-state index contributed by atoms with van der Waals surface area (Å²) in [6.07, 6.45) is 12.2. The Morgan fingerprint density at radius 2 is 1.71 bits per heavy atom. The van der Waals surface area contributed by atoms with Gasteiger partial charge < -0.3 is 0 Å². The zero-order chi connectivity index (χ0) is 17.1. The summed E-state index contributed by atoms with van der Waals surface area (Å²) in [6, 6.07) is 3.20. The van der Waals surface area contributed by atoms with Crippen molar-refractivity contribution in [2.75, 3.05) is 0 Å². The first kappa shape index (κ1) is 17.6. The molecule has 4 unspecified atom stereocenters. The predicted octanol–water partition coefficient (Wildman–Crippen LogP) is 6.79. The van der Waals surface area contributed by atoms with Crippen molar-refractivity contribution < 1.29 is 8.78 Å². The molecule has 2 heteroatoms. The Bertz CT molecular complexity index is 554. The number of allylic oxidation sites excluding steroid dienone is 1. The van der Waals surface area contributed by atoms with Crippen LogP contribution in [-0.2, 0) is 6.42 Å². The standard InChI is InChI=1S/C22H30F2/c1-3-5-6-15-7-8-17-12-18(10-9-16(17)11-15)19-13-21(23)20(4-2)22(24)14-19/h3,13-18H,1,4-12H2,2H3. The highest BCUT2D eigenvalue weighted by molar-refractivity contribution is 5.29. The van der Waals surface area contributed by atoms with Crippen LogP contribution in [0.3, 0.4) is 0 Å². The van der Waals surface area contributed by atoms with Crippen molar-refractivity contribution in [2.45, 2.75) is 70.6 Å².